The van der Waals surface area contributed by atoms with Gasteiger partial charge in [0.05, 0.1) is 7.11 Å². The van der Waals surface area contributed by atoms with Crippen LogP contribution in [0.1, 0.15) is 31.1 Å². The molecule has 0 radical (unpaired) electrons. The van der Waals surface area contributed by atoms with Gasteiger partial charge in [0.25, 0.3) is 0 Å². The molecule has 0 saturated heterocycles. The van der Waals surface area contributed by atoms with E-state index in [-0.39, 0.29) is 12.2 Å². The average molecular weight is 266 g/mol. The van der Waals surface area contributed by atoms with Gasteiger partial charge in [0, 0.05) is 0 Å². The van der Waals surface area contributed by atoms with Gasteiger partial charge in [-0.15, -0.1) is 0 Å². The molecule has 0 aliphatic heterocycles. The topological polar surface area (TPSA) is 61.8 Å². The van der Waals surface area contributed by atoms with Gasteiger partial charge in [-0.3, -0.25) is 0 Å². The molecule has 0 saturated carbocycles. The molecule has 0 aliphatic carbocycles. The minimum Gasteiger partial charge on any atom is -0.481 e. The lowest BCUT2D eigenvalue weighted by Gasteiger charge is -2.19. The van der Waals surface area contributed by atoms with Crippen molar-refractivity contribution in [1.82, 2.24) is 0 Å². The Morgan fingerprint density at radius 3 is 2.37 bits per heavy atom. The van der Waals surface area contributed by atoms with Crippen molar-refractivity contribution in [2.75, 3.05) is 13.7 Å². The maximum Gasteiger partial charge on any atom is 0.344 e. The Morgan fingerprint density at radius 2 is 1.79 bits per heavy atom. The number of methoxy groups -OCH3 is 1. The van der Waals surface area contributed by atoms with Crippen LogP contribution < -0.4 is 4.74 Å². The van der Waals surface area contributed by atoms with Crippen LogP contribution in [0, 0.1) is 0 Å². The number of ether oxygens (including phenoxy) is 3. The minimum atomic E-state index is -0.567. The van der Waals surface area contributed by atoms with Crippen LogP contribution >= 0.6 is 0 Å². The zero-order chi connectivity index (χ0) is 14.5. The second-order valence-corrected chi connectivity index (χ2v) is 4.86. The second-order valence-electron chi connectivity index (χ2n) is 4.86. The van der Waals surface area contributed by atoms with Crippen molar-refractivity contribution in [3.05, 3.63) is 29.8 Å². The first-order valence-corrected chi connectivity index (χ1v) is 5.85. The van der Waals surface area contributed by atoms with Gasteiger partial charge in [-0.1, -0.05) is 12.1 Å². The largest absolute Gasteiger partial charge is 0.481 e. The molecule has 1 rings (SSSR count). The highest BCUT2D eigenvalue weighted by Gasteiger charge is 2.18. The van der Waals surface area contributed by atoms with E-state index in [0.29, 0.717) is 5.75 Å². The van der Waals surface area contributed by atoms with Crippen molar-refractivity contribution >= 4 is 11.9 Å². The smallest absolute Gasteiger partial charge is 0.344 e. The van der Waals surface area contributed by atoms with Gasteiger partial charge in [-0.25, -0.2) is 9.59 Å². The summed E-state index contributed by atoms with van der Waals surface area (Å²) in [5.74, 6) is -0.716. The fraction of sp³-hybridized carbons (Fsp3) is 0.429. The monoisotopic (exact) mass is 266 g/mol. The van der Waals surface area contributed by atoms with E-state index < -0.39 is 17.5 Å². The maximum atomic E-state index is 11.5. The standard InChI is InChI=1S/C14H18O5/c1-14(2,3)19-12(15)9-18-11-8-6-5-7-10(11)13(16)17-4/h5-8H,9H2,1-4H3. The van der Waals surface area contributed by atoms with Crippen LogP contribution in [0.4, 0.5) is 0 Å². The molecule has 0 unspecified atom stereocenters. The molecular weight excluding hydrogens is 248 g/mol. The number of hydrogen-bond acceptors (Lipinski definition) is 5. The molecule has 104 valence electrons. The highest BCUT2D eigenvalue weighted by Crippen LogP contribution is 2.19. The van der Waals surface area contributed by atoms with Gasteiger partial charge in [0.15, 0.2) is 6.61 Å². The number of carbonyl (C=O) groups is 2. The van der Waals surface area contributed by atoms with Gasteiger partial charge in [0.1, 0.15) is 16.9 Å². The van der Waals surface area contributed by atoms with Crippen LogP contribution in [-0.2, 0) is 14.3 Å². The van der Waals surface area contributed by atoms with Crippen LogP contribution in [0.3, 0.4) is 0 Å². The quantitative estimate of drug-likeness (QED) is 0.782. The van der Waals surface area contributed by atoms with Crippen LogP contribution in [0.2, 0.25) is 0 Å². The molecule has 0 fully saturated rings. The summed E-state index contributed by atoms with van der Waals surface area (Å²) in [5, 5.41) is 0. The third-order valence-electron chi connectivity index (χ3n) is 2.06. The maximum absolute atomic E-state index is 11.5. The molecule has 0 amide bonds. The highest BCUT2D eigenvalue weighted by molar-refractivity contribution is 5.92. The zero-order valence-electron chi connectivity index (χ0n) is 11.6. The first-order valence-electron chi connectivity index (χ1n) is 5.85. The van der Waals surface area contributed by atoms with Crippen molar-refractivity contribution in [2.24, 2.45) is 0 Å². The lowest BCUT2D eigenvalue weighted by atomic mass is 10.2. The fourth-order valence-corrected chi connectivity index (χ4v) is 1.38. The molecular formula is C14H18O5. The van der Waals surface area contributed by atoms with Gasteiger partial charge in [-0.05, 0) is 32.9 Å². The molecule has 0 N–H and O–H groups in total. The molecule has 0 bridgehead atoms. The Kier molecular flexibility index (Phi) is 4.92. The van der Waals surface area contributed by atoms with Gasteiger partial charge in [-0.2, -0.15) is 0 Å². The summed E-state index contributed by atoms with van der Waals surface area (Å²) in [4.78, 5) is 23.0. The number of esters is 2. The van der Waals surface area contributed by atoms with Gasteiger partial charge < -0.3 is 14.2 Å². The summed E-state index contributed by atoms with van der Waals surface area (Å²) >= 11 is 0. The van der Waals surface area contributed by atoms with E-state index in [2.05, 4.69) is 4.74 Å². The Labute approximate surface area is 112 Å². The Morgan fingerprint density at radius 1 is 1.16 bits per heavy atom. The third-order valence-corrected chi connectivity index (χ3v) is 2.06. The Hall–Kier alpha value is -2.04. The van der Waals surface area contributed by atoms with E-state index in [0.717, 1.165) is 0 Å². The van der Waals surface area contributed by atoms with E-state index in [1.807, 2.05) is 0 Å². The molecule has 1 aromatic carbocycles. The third kappa shape index (κ3) is 4.99. The second kappa shape index (κ2) is 6.22. The number of benzene rings is 1. The molecule has 0 aromatic heterocycles. The van der Waals surface area contributed by atoms with Gasteiger partial charge >= 0.3 is 11.9 Å². The van der Waals surface area contributed by atoms with Crippen LogP contribution in [-0.4, -0.2) is 31.3 Å². The van der Waals surface area contributed by atoms with Crippen LogP contribution in [0.25, 0.3) is 0 Å². The van der Waals surface area contributed by atoms with Crippen LogP contribution in [0.15, 0.2) is 24.3 Å². The predicted octanol–water partition coefficient (Wildman–Crippen LogP) is 2.19. The Balaban J connectivity index is 2.68. The van der Waals surface area contributed by atoms with Crippen molar-refractivity contribution in [2.45, 2.75) is 26.4 Å². The molecule has 19 heavy (non-hydrogen) atoms. The van der Waals surface area contributed by atoms with Crippen molar-refractivity contribution in [3.8, 4) is 5.75 Å². The van der Waals surface area contributed by atoms with Crippen molar-refractivity contribution < 1.29 is 23.8 Å². The first-order chi connectivity index (χ1) is 8.83. The highest BCUT2D eigenvalue weighted by atomic mass is 16.6. The summed E-state index contributed by atoms with van der Waals surface area (Å²) in [7, 11) is 1.28. The zero-order valence-corrected chi connectivity index (χ0v) is 11.6. The number of hydrogen-bond donors (Lipinski definition) is 0. The number of carbonyl (C=O) groups excluding carboxylic acids is 2. The number of rotatable bonds is 4. The van der Waals surface area contributed by atoms with E-state index in [1.54, 1.807) is 45.0 Å². The SMILES string of the molecule is COC(=O)c1ccccc1OCC(=O)OC(C)(C)C. The minimum absolute atomic E-state index is 0.259. The lowest BCUT2D eigenvalue weighted by Crippen LogP contribution is -2.27. The molecule has 5 heteroatoms. The van der Waals surface area contributed by atoms with Gasteiger partial charge in [0.2, 0.25) is 0 Å². The molecule has 0 atom stereocenters. The summed E-state index contributed by atoms with van der Waals surface area (Å²) in [6.45, 7) is 5.05. The average Bonchev–Trinajstić information content (AvgIpc) is 2.33. The van der Waals surface area contributed by atoms with Crippen molar-refractivity contribution in [1.29, 1.82) is 0 Å². The Bertz CT molecular complexity index is 459. The molecule has 0 aliphatic rings. The molecule has 0 heterocycles. The summed E-state index contributed by atoms with van der Waals surface area (Å²) < 4.78 is 15.0. The van der Waals surface area contributed by atoms with Crippen molar-refractivity contribution in [3.63, 3.8) is 0 Å². The summed E-state index contributed by atoms with van der Waals surface area (Å²) in [6.07, 6.45) is 0. The normalized spacial score (nSPS) is 10.7. The van der Waals surface area contributed by atoms with E-state index in [9.17, 15) is 9.59 Å². The fourth-order valence-electron chi connectivity index (χ4n) is 1.38. The molecule has 0 spiro atoms. The number of para-hydroxylation sites is 1. The molecule has 1 aromatic rings. The summed E-state index contributed by atoms with van der Waals surface area (Å²) in [6, 6.07) is 6.55. The van der Waals surface area contributed by atoms with Crippen LogP contribution in [0.5, 0.6) is 5.75 Å². The first kappa shape index (κ1) is 15.0. The van der Waals surface area contributed by atoms with E-state index >= 15 is 0 Å². The molecule has 5 nitrogen and oxygen atoms in total. The predicted molar refractivity (Wildman–Crippen MR) is 69.1 cm³/mol. The van der Waals surface area contributed by atoms with E-state index in [1.165, 1.54) is 7.11 Å². The lowest BCUT2D eigenvalue weighted by molar-refractivity contribution is -0.157. The summed E-state index contributed by atoms with van der Waals surface area (Å²) in [5.41, 5.74) is -0.295. The van der Waals surface area contributed by atoms with E-state index in [4.69, 9.17) is 9.47 Å².